The second-order valence-electron chi connectivity index (χ2n) is 28.0. The minimum atomic E-state index is -1.60. The van der Waals surface area contributed by atoms with Crippen LogP contribution in [0.1, 0.15) is 188 Å². The summed E-state index contributed by atoms with van der Waals surface area (Å²) < 4.78 is 0. The van der Waals surface area contributed by atoms with Gasteiger partial charge in [-0.2, -0.15) is 0 Å². The molecule has 0 radical (unpaired) electrons. The lowest BCUT2D eigenvalue weighted by Gasteiger charge is -2.41. The van der Waals surface area contributed by atoms with E-state index in [4.69, 9.17) is 5.73 Å². The van der Waals surface area contributed by atoms with E-state index in [0.717, 1.165) is 24.2 Å². The molecular weight excluding hydrogens is 1150 g/mol. The molecule has 90 heavy (non-hydrogen) atoms. The number of aliphatic hydroxyl groups excluding tert-OH is 1. The van der Waals surface area contributed by atoms with Crippen LogP contribution in [-0.4, -0.2) is 233 Å². The van der Waals surface area contributed by atoms with Crippen LogP contribution in [0.25, 0.3) is 0 Å². The van der Waals surface area contributed by atoms with Gasteiger partial charge in [0.1, 0.15) is 66.5 Å². The van der Waals surface area contributed by atoms with E-state index in [1.165, 1.54) is 99.5 Å². The number of unbranched alkanes of at least 4 members (excludes halogenated alkanes) is 3. The summed E-state index contributed by atoms with van der Waals surface area (Å²) in [6, 6.07) is -13.6. The van der Waals surface area contributed by atoms with Crippen LogP contribution in [0, 0.1) is 41.4 Å². The Morgan fingerprint density at radius 1 is 0.411 bits per heavy atom. The first kappa shape index (κ1) is 82.1. The molecule has 1 heterocycles. The van der Waals surface area contributed by atoms with Crippen LogP contribution in [0.4, 0.5) is 0 Å². The van der Waals surface area contributed by atoms with Crippen molar-refractivity contribution >= 4 is 65.0 Å². The quantitative estimate of drug-likeness (QED) is 0.0942. The van der Waals surface area contributed by atoms with Crippen molar-refractivity contribution in [1.29, 1.82) is 0 Å². The Bertz CT molecular complexity index is 2390. The molecule has 13 atom stereocenters. The van der Waals surface area contributed by atoms with E-state index < -0.39 is 155 Å². The van der Waals surface area contributed by atoms with Gasteiger partial charge in [-0.15, -0.1) is 0 Å². The van der Waals surface area contributed by atoms with Crippen molar-refractivity contribution in [3.63, 3.8) is 0 Å². The van der Waals surface area contributed by atoms with Crippen LogP contribution in [-0.2, 0) is 52.7 Å². The van der Waals surface area contributed by atoms with E-state index in [1.54, 1.807) is 41.5 Å². The Kier molecular flexibility index (Phi) is 34.8. The van der Waals surface area contributed by atoms with Crippen LogP contribution < -0.4 is 27.0 Å². The fourth-order valence-corrected chi connectivity index (χ4v) is 11.6. The fraction of sp³-hybridized carbons (Fsp3) is 0.833. The third-order valence-corrected chi connectivity index (χ3v) is 17.8. The van der Waals surface area contributed by atoms with E-state index in [-0.39, 0.29) is 55.8 Å². The molecule has 24 nitrogen and oxygen atoms in total. The summed E-state index contributed by atoms with van der Waals surface area (Å²) >= 11 is 0. The maximum absolute atomic E-state index is 15.3. The molecule has 518 valence electrons. The normalized spacial score (nSPS) is 26.8. The molecule has 1 rings (SSSR count). The number of nitrogens with zero attached hydrogens (tertiary/aromatic N) is 7. The van der Waals surface area contributed by atoms with Gasteiger partial charge in [0.25, 0.3) is 0 Å². The number of hydrogen-bond acceptors (Lipinski definition) is 13. The van der Waals surface area contributed by atoms with E-state index >= 15 is 19.2 Å². The van der Waals surface area contributed by atoms with Gasteiger partial charge < -0.3 is 66.4 Å². The molecule has 0 spiro atoms. The highest BCUT2D eigenvalue weighted by molar-refractivity contribution is 6.00. The van der Waals surface area contributed by atoms with E-state index in [9.17, 15) is 38.7 Å². The first-order valence-corrected chi connectivity index (χ1v) is 33.1. The topological polar surface area (TPSA) is 305 Å². The average molecular weight is 1280 g/mol. The van der Waals surface area contributed by atoms with Crippen molar-refractivity contribution in [2.75, 3.05) is 55.9 Å². The van der Waals surface area contributed by atoms with Crippen molar-refractivity contribution in [2.24, 2.45) is 47.2 Å². The highest BCUT2D eigenvalue weighted by atomic mass is 16.3. The summed E-state index contributed by atoms with van der Waals surface area (Å²) in [6.07, 6.45) is 3.29. The highest BCUT2D eigenvalue weighted by Gasteiger charge is 2.46. The number of carbonyl (C=O) groups excluding carboxylic acids is 11. The standard InChI is InChI=1S/C66H122N12O12/c1-25-47-62(86)72(18)46(17)61(85)74(20)50(35-39(6)7)58(82)71-52(41(10)11)65(89)75(21)49(34-38(4)5)57(81)68-44(15)56(80)69-45(16)60(84)76(22)51(36-40(8)9)64(88)73(19)48(32-31-37(2)3)63(87)77(23)53(42(12)13)66(90)78(24)54(59(83)70-47)55(79)43(14)30-28-26-27-29-33-67/h37-55,79H,25-36,67H2,1-24H3,(H,68,81)(H,69,80)(H,70,83)(H,71,82)/t43-,44-,45+,46-,47-,48-,49-,50+,51+,52-,53-,54+,55-/m1/s1. The molecule has 1 aliphatic heterocycles. The maximum atomic E-state index is 15.3. The van der Waals surface area contributed by atoms with Crippen molar-refractivity contribution in [3.8, 4) is 0 Å². The Morgan fingerprint density at radius 2 is 0.856 bits per heavy atom. The number of nitrogens with one attached hydrogen (secondary N) is 4. The van der Waals surface area contributed by atoms with Crippen LogP contribution in [0.15, 0.2) is 0 Å². The molecule has 0 aromatic rings. The lowest BCUT2D eigenvalue weighted by atomic mass is 9.90. The predicted molar refractivity (Wildman–Crippen MR) is 350 cm³/mol. The molecule has 1 aliphatic rings. The maximum Gasteiger partial charge on any atom is 0.246 e. The molecule has 24 heteroatoms. The van der Waals surface area contributed by atoms with Crippen LogP contribution in [0.3, 0.4) is 0 Å². The molecule has 11 amide bonds. The summed E-state index contributed by atoms with van der Waals surface area (Å²) in [7, 11) is 10.0. The van der Waals surface area contributed by atoms with Gasteiger partial charge in [0.15, 0.2) is 0 Å². The van der Waals surface area contributed by atoms with Gasteiger partial charge in [0, 0.05) is 49.3 Å². The third kappa shape index (κ3) is 23.3. The number of hydrogen-bond donors (Lipinski definition) is 6. The Balaban J connectivity index is 4.40. The molecule has 7 N–H and O–H groups in total. The SMILES string of the molecule is CC[C@H]1NC(=O)[C@H]([C@H](O)[C@H](C)CCCCCCN)N(C)C(=O)[C@@H](C(C)C)N(C)C(=O)[C@@H](CCC(C)C)N(C)C(=O)[C@H](CC(C)C)N(C)C(=O)[C@H](C)NC(=O)[C@@H](C)NC(=O)[C@@H](CC(C)C)N(C)C(=O)[C@@H](C(C)C)NC(=O)[C@H](CC(C)C)N(C)C(=O)[C@@H](C)N(C)C1=O. The number of nitrogens with two attached hydrogens (primary N) is 1. The zero-order valence-electron chi connectivity index (χ0n) is 59.6. The Morgan fingerprint density at radius 3 is 1.33 bits per heavy atom. The van der Waals surface area contributed by atoms with Gasteiger partial charge >= 0.3 is 0 Å². The van der Waals surface area contributed by atoms with Gasteiger partial charge in [0.05, 0.1) is 6.10 Å². The lowest BCUT2D eigenvalue weighted by molar-refractivity contribution is -0.157. The second-order valence-corrected chi connectivity index (χ2v) is 28.0. The Hall–Kier alpha value is -5.91. The van der Waals surface area contributed by atoms with E-state index in [1.807, 2.05) is 55.4 Å². The molecule has 0 bridgehead atoms. The number of amides is 11. The smallest absolute Gasteiger partial charge is 0.246 e. The van der Waals surface area contributed by atoms with Crippen LogP contribution in [0.2, 0.25) is 0 Å². The fourth-order valence-electron chi connectivity index (χ4n) is 11.6. The monoisotopic (exact) mass is 1270 g/mol. The molecule has 0 saturated carbocycles. The first-order valence-electron chi connectivity index (χ1n) is 33.1. The second kappa shape index (κ2) is 38.2. The lowest BCUT2D eigenvalue weighted by Crippen LogP contribution is -2.64. The highest BCUT2D eigenvalue weighted by Crippen LogP contribution is 2.26. The molecule has 0 aromatic heterocycles. The van der Waals surface area contributed by atoms with Crippen molar-refractivity contribution in [1.82, 2.24) is 55.6 Å². The molecular formula is C66H122N12O12. The zero-order chi connectivity index (χ0) is 69.7. The van der Waals surface area contributed by atoms with Gasteiger partial charge in [-0.3, -0.25) is 52.7 Å². The number of carbonyl (C=O) groups is 11. The van der Waals surface area contributed by atoms with Gasteiger partial charge in [-0.1, -0.05) is 116 Å². The minimum Gasteiger partial charge on any atom is -0.390 e. The van der Waals surface area contributed by atoms with Crippen molar-refractivity contribution < 1.29 is 57.8 Å². The van der Waals surface area contributed by atoms with Gasteiger partial charge in [-0.05, 0) is 120 Å². The summed E-state index contributed by atoms with van der Waals surface area (Å²) in [5, 5.41) is 23.4. The third-order valence-electron chi connectivity index (χ3n) is 17.8. The number of aliphatic hydroxyl groups is 1. The summed E-state index contributed by atoms with van der Waals surface area (Å²) in [5.41, 5.74) is 5.75. The van der Waals surface area contributed by atoms with E-state index in [0.29, 0.717) is 25.8 Å². The number of rotatable bonds is 20. The Labute approximate surface area is 540 Å². The largest absolute Gasteiger partial charge is 0.390 e. The molecule has 1 saturated heterocycles. The summed E-state index contributed by atoms with van der Waals surface area (Å²) in [5.74, 6) is -9.38. The van der Waals surface area contributed by atoms with Gasteiger partial charge in [0.2, 0.25) is 65.0 Å². The molecule has 0 aliphatic carbocycles. The minimum absolute atomic E-state index is 0.0187. The molecule has 0 aromatic carbocycles. The van der Waals surface area contributed by atoms with Crippen molar-refractivity contribution in [2.45, 2.75) is 261 Å². The first-order chi connectivity index (χ1) is 41.6. The van der Waals surface area contributed by atoms with Crippen LogP contribution in [0.5, 0.6) is 0 Å². The predicted octanol–water partition coefficient (Wildman–Crippen LogP) is 3.99. The summed E-state index contributed by atoms with van der Waals surface area (Å²) in [6.45, 7) is 30.4. The van der Waals surface area contributed by atoms with E-state index in [2.05, 4.69) is 21.3 Å². The average Bonchev–Trinajstić information content (AvgIpc) is 1.29. The van der Waals surface area contributed by atoms with Crippen molar-refractivity contribution in [3.05, 3.63) is 0 Å². The van der Waals surface area contributed by atoms with Gasteiger partial charge in [-0.25, -0.2) is 0 Å². The molecule has 1 fully saturated rings. The zero-order valence-corrected chi connectivity index (χ0v) is 59.6. The number of likely N-dealkylation sites (N-methyl/N-ethyl adjacent to an activating group) is 7. The summed E-state index contributed by atoms with van der Waals surface area (Å²) in [4.78, 5) is 171. The molecule has 0 unspecified atom stereocenters. The van der Waals surface area contributed by atoms with Crippen LogP contribution >= 0.6 is 0 Å².